The van der Waals surface area contributed by atoms with Gasteiger partial charge >= 0.3 is 5.97 Å². The van der Waals surface area contributed by atoms with Gasteiger partial charge in [0, 0.05) is 12.1 Å². The number of ether oxygens (including phenoxy) is 1. The van der Waals surface area contributed by atoms with Gasteiger partial charge in [0.15, 0.2) is 6.61 Å². The van der Waals surface area contributed by atoms with Gasteiger partial charge in [0.25, 0.3) is 5.91 Å². The van der Waals surface area contributed by atoms with Gasteiger partial charge in [-0.1, -0.05) is 12.1 Å². The van der Waals surface area contributed by atoms with Crippen molar-refractivity contribution in [2.75, 3.05) is 13.2 Å². The number of benzene rings is 1. The number of nitriles is 1. The molecule has 1 aromatic carbocycles. The van der Waals surface area contributed by atoms with E-state index < -0.39 is 29.1 Å². The molecule has 2 atom stereocenters. The van der Waals surface area contributed by atoms with Crippen LogP contribution < -0.4 is 4.72 Å². The van der Waals surface area contributed by atoms with Crippen molar-refractivity contribution in [3.63, 3.8) is 0 Å². The second kappa shape index (κ2) is 8.97. The van der Waals surface area contributed by atoms with Crippen molar-refractivity contribution in [2.24, 2.45) is 0 Å². The zero-order chi connectivity index (χ0) is 20.0. The highest BCUT2D eigenvalue weighted by molar-refractivity contribution is 7.89. The number of carbonyl (C=O) groups is 2. The predicted molar refractivity (Wildman–Crippen MR) is 96.9 cm³/mol. The van der Waals surface area contributed by atoms with Gasteiger partial charge < -0.3 is 9.64 Å². The Labute approximate surface area is 159 Å². The highest BCUT2D eigenvalue weighted by atomic mass is 32.2. The molecule has 1 aromatic rings. The molecule has 1 N–H and O–H groups in total. The van der Waals surface area contributed by atoms with Crippen molar-refractivity contribution in [3.8, 4) is 6.07 Å². The monoisotopic (exact) mass is 393 g/mol. The molecular formula is C18H23N3O5S. The number of piperidine rings is 1. The largest absolute Gasteiger partial charge is 0.455 e. The molecule has 0 saturated carbocycles. The molecule has 1 aliphatic heterocycles. The summed E-state index contributed by atoms with van der Waals surface area (Å²) in [5, 5.41) is 9.00. The molecule has 1 aliphatic rings. The summed E-state index contributed by atoms with van der Waals surface area (Å²) in [6.45, 7) is 2.86. The lowest BCUT2D eigenvalue weighted by molar-refractivity contribution is -0.154. The first-order valence-electron chi connectivity index (χ1n) is 8.72. The number of carbonyl (C=O) groups excluding carboxylic acids is 2. The number of nitrogens with one attached hydrogen (secondary N) is 1. The Hall–Kier alpha value is -2.44. The minimum Gasteiger partial charge on any atom is -0.455 e. The Kier molecular flexibility index (Phi) is 6.93. The van der Waals surface area contributed by atoms with E-state index in [2.05, 4.69) is 4.72 Å². The van der Waals surface area contributed by atoms with E-state index in [9.17, 15) is 18.0 Å². The molecule has 1 fully saturated rings. The third-order valence-corrected chi connectivity index (χ3v) is 6.00. The zero-order valence-corrected chi connectivity index (χ0v) is 16.2. The molecule has 0 radical (unpaired) electrons. The van der Waals surface area contributed by atoms with E-state index >= 15 is 0 Å². The van der Waals surface area contributed by atoms with Crippen LogP contribution in [0.5, 0.6) is 0 Å². The summed E-state index contributed by atoms with van der Waals surface area (Å²) >= 11 is 0. The molecule has 0 bridgehead atoms. The lowest BCUT2D eigenvalue weighted by Gasteiger charge is -2.38. The molecular weight excluding hydrogens is 370 g/mol. The molecule has 8 nitrogen and oxygen atoms in total. The van der Waals surface area contributed by atoms with Crippen LogP contribution in [0.25, 0.3) is 0 Å². The second-order valence-corrected chi connectivity index (χ2v) is 8.26. The number of hydrogen-bond acceptors (Lipinski definition) is 6. The Morgan fingerprint density at radius 2 is 1.89 bits per heavy atom. The molecule has 1 heterocycles. The van der Waals surface area contributed by atoms with E-state index in [1.807, 2.05) is 13.8 Å². The molecule has 0 aromatic heterocycles. The standard InChI is InChI=1S/C18H23N3O5S/c1-13-6-5-7-14(2)21(13)17(22)12-26-18(23)11-20-27(24,25)16-9-4-3-8-15(16)10-19/h3-4,8-9,13-14,20H,5-7,11-12H2,1-2H3/t13-,14+. The fourth-order valence-electron chi connectivity index (χ4n) is 3.21. The van der Waals surface area contributed by atoms with Crippen molar-refractivity contribution in [2.45, 2.75) is 50.1 Å². The average Bonchev–Trinajstić information content (AvgIpc) is 2.64. The summed E-state index contributed by atoms with van der Waals surface area (Å²) in [6.07, 6.45) is 2.86. The number of hydrogen-bond donors (Lipinski definition) is 1. The van der Waals surface area contributed by atoms with Crippen molar-refractivity contribution in [3.05, 3.63) is 29.8 Å². The van der Waals surface area contributed by atoms with Gasteiger partial charge in [0.05, 0.1) is 10.5 Å². The van der Waals surface area contributed by atoms with Gasteiger partial charge in [0.1, 0.15) is 12.6 Å². The summed E-state index contributed by atoms with van der Waals surface area (Å²) in [6, 6.07) is 7.62. The molecule has 0 spiro atoms. The van der Waals surface area contributed by atoms with Crippen LogP contribution in [-0.4, -0.2) is 50.4 Å². The highest BCUT2D eigenvalue weighted by Crippen LogP contribution is 2.22. The maximum Gasteiger partial charge on any atom is 0.321 e. The SMILES string of the molecule is C[C@@H]1CCC[C@H](C)N1C(=O)COC(=O)CNS(=O)(=O)c1ccccc1C#N. The topological polar surface area (TPSA) is 117 Å². The first-order chi connectivity index (χ1) is 12.8. The van der Waals surface area contributed by atoms with E-state index in [0.29, 0.717) is 0 Å². The normalized spacial score (nSPS) is 20.0. The maximum atomic E-state index is 12.3. The minimum absolute atomic E-state index is 0.0263. The fraction of sp³-hybridized carbons (Fsp3) is 0.500. The molecule has 146 valence electrons. The highest BCUT2D eigenvalue weighted by Gasteiger charge is 2.29. The van der Waals surface area contributed by atoms with Crippen LogP contribution in [0.2, 0.25) is 0 Å². The van der Waals surface area contributed by atoms with Crippen molar-refractivity contribution in [1.29, 1.82) is 5.26 Å². The van der Waals surface area contributed by atoms with Gasteiger partial charge in [-0.05, 0) is 45.2 Å². The summed E-state index contributed by atoms with van der Waals surface area (Å²) in [5.41, 5.74) is -0.0263. The maximum absolute atomic E-state index is 12.3. The molecule has 2 rings (SSSR count). The van der Waals surface area contributed by atoms with Gasteiger partial charge in [-0.25, -0.2) is 8.42 Å². The van der Waals surface area contributed by atoms with Crippen LogP contribution in [0.4, 0.5) is 0 Å². The number of likely N-dealkylation sites (tertiary alicyclic amines) is 1. The van der Waals surface area contributed by atoms with Gasteiger partial charge in [-0.2, -0.15) is 9.98 Å². The van der Waals surface area contributed by atoms with E-state index in [0.717, 1.165) is 19.3 Å². The number of esters is 1. The van der Waals surface area contributed by atoms with Crippen LogP contribution in [0.1, 0.15) is 38.7 Å². The molecule has 1 saturated heterocycles. The third-order valence-electron chi connectivity index (χ3n) is 4.54. The quantitative estimate of drug-likeness (QED) is 0.725. The van der Waals surface area contributed by atoms with E-state index in [-0.39, 0.29) is 28.4 Å². The van der Waals surface area contributed by atoms with Crippen molar-refractivity contribution >= 4 is 21.9 Å². The first kappa shape index (κ1) is 20.9. The molecule has 9 heteroatoms. The number of rotatable bonds is 6. The minimum atomic E-state index is -4.04. The molecule has 0 aliphatic carbocycles. The Morgan fingerprint density at radius 3 is 2.52 bits per heavy atom. The number of amides is 1. The lowest BCUT2D eigenvalue weighted by Crippen LogP contribution is -2.49. The number of sulfonamides is 1. The van der Waals surface area contributed by atoms with Crippen LogP contribution >= 0.6 is 0 Å². The smallest absolute Gasteiger partial charge is 0.321 e. The van der Waals surface area contributed by atoms with Crippen LogP contribution in [0, 0.1) is 11.3 Å². The van der Waals surface area contributed by atoms with Crippen LogP contribution in [0.3, 0.4) is 0 Å². The summed E-state index contributed by atoms with van der Waals surface area (Å²) in [4.78, 5) is 25.6. The Bertz CT molecular complexity index is 837. The van der Waals surface area contributed by atoms with Gasteiger partial charge in [-0.15, -0.1) is 0 Å². The lowest BCUT2D eigenvalue weighted by atomic mass is 9.97. The van der Waals surface area contributed by atoms with E-state index in [1.54, 1.807) is 17.0 Å². The van der Waals surface area contributed by atoms with E-state index in [1.165, 1.54) is 18.2 Å². The summed E-state index contributed by atoms with van der Waals surface area (Å²) < 4.78 is 31.5. The second-order valence-electron chi connectivity index (χ2n) is 6.52. The summed E-state index contributed by atoms with van der Waals surface area (Å²) in [5.74, 6) is -1.15. The Morgan fingerprint density at radius 1 is 1.26 bits per heavy atom. The molecule has 27 heavy (non-hydrogen) atoms. The Balaban J connectivity index is 1.89. The van der Waals surface area contributed by atoms with Crippen molar-refractivity contribution < 1.29 is 22.7 Å². The van der Waals surface area contributed by atoms with Crippen LogP contribution in [-0.2, 0) is 24.3 Å². The van der Waals surface area contributed by atoms with Gasteiger partial charge in [-0.3, -0.25) is 9.59 Å². The fourth-order valence-corrected chi connectivity index (χ4v) is 4.33. The van der Waals surface area contributed by atoms with E-state index in [4.69, 9.17) is 10.00 Å². The first-order valence-corrected chi connectivity index (χ1v) is 10.2. The number of nitrogens with zero attached hydrogens (tertiary/aromatic N) is 2. The molecule has 1 amide bonds. The average molecular weight is 393 g/mol. The zero-order valence-electron chi connectivity index (χ0n) is 15.3. The van der Waals surface area contributed by atoms with Crippen LogP contribution in [0.15, 0.2) is 29.2 Å². The summed E-state index contributed by atoms with van der Waals surface area (Å²) in [7, 11) is -4.04. The van der Waals surface area contributed by atoms with Gasteiger partial charge in [0.2, 0.25) is 10.0 Å². The van der Waals surface area contributed by atoms with Crippen molar-refractivity contribution in [1.82, 2.24) is 9.62 Å². The third kappa shape index (κ3) is 5.28. The predicted octanol–water partition coefficient (Wildman–Crippen LogP) is 1.17. The molecule has 0 unspecified atom stereocenters.